The molecule has 1 aliphatic heterocycles. The molecule has 0 spiro atoms. The number of benzene rings is 2. The van der Waals surface area contributed by atoms with Crippen LogP contribution in [-0.4, -0.2) is 23.9 Å². The third-order valence-corrected chi connectivity index (χ3v) is 6.79. The van der Waals surface area contributed by atoms with Crippen LogP contribution in [-0.2, 0) is 4.79 Å². The first-order valence-corrected chi connectivity index (χ1v) is 11.4. The summed E-state index contributed by atoms with van der Waals surface area (Å²) in [5.74, 6) is -0.121. The third-order valence-electron chi connectivity index (χ3n) is 5.60. The quantitative estimate of drug-likeness (QED) is 0.397. The number of halogens is 1. The van der Waals surface area contributed by atoms with Crippen molar-refractivity contribution >= 4 is 40.2 Å². The van der Waals surface area contributed by atoms with Gasteiger partial charge in [-0.3, -0.25) is 14.9 Å². The first-order chi connectivity index (χ1) is 15.0. The average Bonchev–Trinajstić information content (AvgIpc) is 3.33. The van der Waals surface area contributed by atoms with Crippen LogP contribution in [0.2, 0.25) is 5.02 Å². The number of nitro groups is 1. The maximum atomic E-state index is 13.1. The highest BCUT2D eigenvalue weighted by Gasteiger charge is 2.30. The second-order valence-electron chi connectivity index (χ2n) is 7.52. The summed E-state index contributed by atoms with van der Waals surface area (Å²) in [6, 6.07) is 18.1. The monoisotopic (exact) mass is 455 g/mol. The number of thiophene rings is 1. The number of nitrogens with zero attached hydrogens (tertiary/aromatic N) is 2. The maximum Gasteiger partial charge on any atom is 0.292 e. The Kier molecular flexibility index (Phi) is 6.53. The molecule has 160 valence electrons. The highest BCUT2D eigenvalue weighted by atomic mass is 35.5. The van der Waals surface area contributed by atoms with Gasteiger partial charge in [-0.2, -0.15) is 0 Å². The van der Waals surface area contributed by atoms with E-state index in [2.05, 4.69) is 5.32 Å². The van der Waals surface area contributed by atoms with Crippen LogP contribution in [0, 0.1) is 16.0 Å². The fourth-order valence-corrected chi connectivity index (χ4v) is 4.89. The van der Waals surface area contributed by atoms with Crippen molar-refractivity contribution in [3.05, 3.63) is 91.6 Å². The molecule has 4 rings (SSSR count). The summed E-state index contributed by atoms with van der Waals surface area (Å²) in [6.45, 7) is 1.21. The van der Waals surface area contributed by atoms with Crippen LogP contribution in [0.5, 0.6) is 0 Å². The van der Waals surface area contributed by atoms with E-state index in [0.29, 0.717) is 36.6 Å². The molecule has 0 radical (unpaired) electrons. The molecule has 1 saturated heterocycles. The number of nitro benzene ring substituents is 1. The zero-order chi connectivity index (χ0) is 21.8. The first-order valence-electron chi connectivity index (χ1n) is 10.1. The van der Waals surface area contributed by atoms with Crippen LogP contribution < -0.4 is 10.2 Å². The van der Waals surface area contributed by atoms with E-state index in [0.717, 1.165) is 10.4 Å². The van der Waals surface area contributed by atoms with Gasteiger partial charge in [0.15, 0.2) is 0 Å². The number of rotatable bonds is 6. The van der Waals surface area contributed by atoms with Crippen molar-refractivity contribution < 1.29 is 9.72 Å². The summed E-state index contributed by atoms with van der Waals surface area (Å²) in [4.78, 5) is 27.1. The van der Waals surface area contributed by atoms with E-state index in [4.69, 9.17) is 11.6 Å². The zero-order valence-corrected chi connectivity index (χ0v) is 18.3. The molecular weight excluding hydrogens is 434 g/mol. The lowest BCUT2D eigenvalue weighted by molar-refractivity contribution is -0.384. The largest absolute Gasteiger partial charge is 0.366 e. The SMILES string of the molecule is O=C(NC(c1ccc(Cl)cc1)c1cccs1)C1CCN(c2ccccc2[N+](=O)[O-])CC1. The van der Waals surface area contributed by atoms with E-state index in [-0.39, 0.29) is 28.5 Å². The van der Waals surface area contributed by atoms with E-state index < -0.39 is 0 Å². The molecule has 1 fully saturated rings. The number of hydrogen-bond acceptors (Lipinski definition) is 5. The van der Waals surface area contributed by atoms with Crippen molar-refractivity contribution in [1.29, 1.82) is 0 Å². The molecule has 0 bridgehead atoms. The predicted molar refractivity (Wildman–Crippen MR) is 124 cm³/mol. The fraction of sp³-hybridized carbons (Fsp3) is 0.261. The molecule has 1 amide bonds. The molecule has 1 N–H and O–H groups in total. The number of hydrogen-bond donors (Lipinski definition) is 1. The van der Waals surface area contributed by atoms with E-state index >= 15 is 0 Å². The standard InChI is InChI=1S/C23H22ClN3O3S/c24-18-9-7-16(8-10-18)22(21-6-3-15-31-21)25-23(28)17-11-13-26(14-12-17)19-4-1-2-5-20(19)27(29)30/h1-10,15,17,22H,11-14H2,(H,25,28). The van der Waals surface area contributed by atoms with Gasteiger partial charge >= 0.3 is 0 Å². The number of carbonyl (C=O) groups is 1. The Balaban J connectivity index is 1.44. The molecule has 1 atom stereocenters. The van der Waals surface area contributed by atoms with Gasteiger partial charge in [-0.05, 0) is 48.1 Å². The molecule has 1 unspecified atom stereocenters. The van der Waals surface area contributed by atoms with E-state index in [1.807, 2.05) is 46.7 Å². The third kappa shape index (κ3) is 4.89. The molecule has 31 heavy (non-hydrogen) atoms. The van der Waals surface area contributed by atoms with Gasteiger partial charge in [-0.25, -0.2) is 0 Å². The summed E-state index contributed by atoms with van der Waals surface area (Å²) in [7, 11) is 0. The van der Waals surface area contributed by atoms with Crippen molar-refractivity contribution in [3.8, 4) is 0 Å². The van der Waals surface area contributed by atoms with Crippen LogP contribution >= 0.6 is 22.9 Å². The average molecular weight is 456 g/mol. The Hall–Kier alpha value is -2.90. The number of anilines is 1. The highest BCUT2D eigenvalue weighted by Crippen LogP contribution is 2.32. The van der Waals surface area contributed by atoms with E-state index in [1.54, 1.807) is 29.5 Å². The molecule has 6 nitrogen and oxygen atoms in total. The van der Waals surface area contributed by atoms with Crippen molar-refractivity contribution in [1.82, 2.24) is 5.32 Å². The molecule has 0 aliphatic carbocycles. The van der Waals surface area contributed by atoms with Gasteiger partial charge in [0.1, 0.15) is 5.69 Å². The Morgan fingerprint density at radius 3 is 2.45 bits per heavy atom. The van der Waals surface area contributed by atoms with Crippen LogP contribution in [0.15, 0.2) is 66.0 Å². The number of para-hydroxylation sites is 2. The van der Waals surface area contributed by atoms with Crippen LogP contribution in [0.3, 0.4) is 0 Å². The first kappa shape index (κ1) is 21.3. The minimum Gasteiger partial charge on any atom is -0.366 e. The molecule has 1 aromatic heterocycles. The van der Waals surface area contributed by atoms with Crippen molar-refractivity contribution in [2.75, 3.05) is 18.0 Å². The second-order valence-corrected chi connectivity index (χ2v) is 8.93. The van der Waals surface area contributed by atoms with E-state index in [9.17, 15) is 14.9 Å². The molecule has 2 heterocycles. The smallest absolute Gasteiger partial charge is 0.292 e. The number of amides is 1. The topological polar surface area (TPSA) is 75.5 Å². The number of carbonyl (C=O) groups excluding carboxylic acids is 1. The van der Waals surface area contributed by atoms with Gasteiger partial charge in [0.2, 0.25) is 5.91 Å². The summed E-state index contributed by atoms with van der Waals surface area (Å²) in [6.07, 6.45) is 1.30. The minimum absolute atomic E-state index is 0.00978. The van der Waals surface area contributed by atoms with E-state index in [1.165, 1.54) is 6.07 Å². The summed E-state index contributed by atoms with van der Waals surface area (Å²) < 4.78 is 0. The number of piperidine rings is 1. The molecule has 8 heteroatoms. The summed E-state index contributed by atoms with van der Waals surface area (Å²) in [5, 5.41) is 17.2. The van der Waals surface area contributed by atoms with Gasteiger partial charge in [0, 0.05) is 35.0 Å². The Labute approximate surface area is 189 Å². The Morgan fingerprint density at radius 2 is 1.81 bits per heavy atom. The second kappa shape index (κ2) is 9.49. The summed E-state index contributed by atoms with van der Waals surface area (Å²) >= 11 is 7.63. The van der Waals surface area contributed by atoms with Gasteiger partial charge in [0.25, 0.3) is 5.69 Å². The lowest BCUT2D eigenvalue weighted by Gasteiger charge is -2.33. The molecule has 1 aliphatic rings. The maximum absolute atomic E-state index is 13.1. The van der Waals surface area contributed by atoms with Gasteiger partial charge < -0.3 is 10.2 Å². The Bertz CT molecular complexity index is 1050. The number of nitrogens with one attached hydrogen (secondary N) is 1. The van der Waals surface area contributed by atoms with Crippen LogP contribution in [0.25, 0.3) is 0 Å². The fourth-order valence-electron chi connectivity index (χ4n) is 3.96. The van der Waals surface area contributed by atoms with Crippen LogP contribution in [0.1, 0.15) is 29.3 Å². The zero-order valence-electron chi connectivity index (χ0n) is 16.7. The highest BCUT2D eigenvalue weighted by molar-refractivity contribution is 7.10. The van der Waals surface area contributed by atoms with Crippen LogP contribution in [0.4, 0.5) is 11.4 Å². The summed E-state index contributed by atoms with van der Waals surface area (Å²) in [5.41, 5.74) is 1.70. The Morgan fingerprint density at radius 1 is 1.10 bits per heavy atom. The molecular formula is C23H22ClN3O3S. The van der Waals surface area contributed by atoms with Crippen molar-refractivity contribution in [3.63, 3.8) is 0 Å². The van der Waals surface area contributed by atoms with Gasteiger partial charge in [-0.1, -0.05) is 41.9 Å². The lowest BCUT2D eigenvalue weighted by atomic mass is 9.94. The molecule has 0 saturated carbocycles. The minimum atomic E-state index is -0.355. The van der Waals surface area contributed by atoms with Gasteiger partial charge in [0.05, 0.1) is 11.0 Å². The van der Waals surface area contributed by atoms with Crippen molar-refractivity contribution in [2.24, 2.45) is 5.92 Å². The lowest BCUT2D eigenvalue weighted by Crippen LogP contribution is -2.41. The normalized spacial score (nSPS) is 15.5. The van der Waals surface area contributed by atoms with Gasteiger partial charge in [-0.15, -0.1) is 11.3 Å². The predicted octanol–water partition coefficient (Wildman–Crippen LogP) is 5.43. The van der Waals surface area contributed by atoms with Crippen molar-refractivity contribution in [2.45, 2.75) is 18.9 Å². The molecule has 3 aromatic rings. The molecule has 2 aromatic carbocycles.